The second kappa shape index (κ2) is 21.6. The van der Waals surface area contributed by atoms with Gasteiger partial charge in [-0.1, -0.05) is 75.7 Å². The first kappa shape index (κ1) is 53.8. The van der Waals surface area contributed by atoms with Crippen molar-refractivity contribution in [3.8, 4) is 0 Å². The van der Waals surface area contributed by atoms with E-state index in [0.717, 1.165) is 61.5 Å². The van der Waals surface area contributed by atoms with Crippen LogP contribution in [0.4, 0.5) is 0 Å². The van der Waals surface area contributed by atoms with E-state index in [1.165, 1.54) is 66.8 Å². The molecular formula is C55H76N8Zn. The number of nitrogens with zero attached hydrogens (tertiary/aromatic N) is 7. The van der Waals surface area contributed by atoms with Crippen LogP contribution in [0.1, 0.15) is 176 Å². The van der Waals surface area contributed by atoms with E-state index < -0.39 is 6.17 Å². The van der Waals surface area contributed by atoms with Crippen LogP contribution in [0.2, 0.25) is 0 Å². The Hall–Kier alpha value is -4.59. The van der Waals surface area contributed by atoms with Crippen LogP contribution in [0, 0.1) is 89.0 Å². The van der Waals surface area contributed by atoms with E-state index in [9.17, 15) is 0 Å². The van der Waals surface area contributed by atoms with Crippen LogP contribution in [0.5, 0.6) is 0 Å². The van der Waals surface area contributed by atoms with Crippen molar-refractivity contribution in [2.75, 3.05) is 0 Å². The third-order valence-corrected chi connectivity index (χ3v) is 14.0. The van der Waals surface area contributed by atoms with Gasteiger partial charge in [-0.15, -0.1) is 0 Å². The Labute approximate surface area is 400 Å². The zero-order chi connectivity index (χ0) is 47.7. The summed E-state index contributed by atoms with van der Waals surface area (Å²) in [7, 11) is 0. The smallest absolute Gasteiger partial charge is 0.450 e. The van der Waals surface area contributed by atoms with Crippen molar-refractivity contribution < 1.29 is 19.5 Å². The van der Waals surface area contributed by atoms with E-state index in [1.807, 2.05) is 34.6 Å². The van der Waals surface area contributed by atoms with Crippen molar-refractivity contribution in [1.82, 2.24) is 0 Å². The predicted octanol–water partition coefficient (Wildman–Crippen LogP) is 14.3. The molecule has 0 radical (unpaired) electrons. The van der Waals surface area contributed by atoms with E-state index in [0.29, 0.717) is 35.7 Å². The van der Waals surface area contributed by atoms with Crippen molar-refractivity contribution >= 4 is 29.2 Å². The van der Waals surface area contributed by atoms with Crippen LogP contribution in [-0.4, -0.2) is 35.3 Å². The topological polar surface area (TPSA) is 116 Å². The van der Waals surface area contributed by atoms with Gasteiger partial charge in [0.05, 0.1) is 24.1 Å². The van der Waals surface area contributed by atoms with Crippen molar-refractivity contribution in [1.29, 1.82) is 0 Å². The third-order valence-electron chi connectivity index (χ3n) is 14.0. The van der Waals surface area contributed by atoms with Gasteiger partial charge in [-0.05, 0) is 207 Å². The fourth-order valence-electron chi connectivity index (χ4n) is 8.56. The van der Waals surface area contributed by atoms with Gasteiger partial charge in [0.2, 0.25) is 0 Å². The third kappa shape index (κ3) is 9.82. The molecule has 0 aromatic heterocycles. The molecule has 2 atom stereocenters. The molecule has 6 rings (SSSR count). The minimum atomic E-state index is -0.450. The number of hydrogen-bond acceptors (Lipinski definition) is 5. The summed E-state index contributed by atoms with van der Waals surface area (Å²) in [5.74, 6) is 3.84. The maximum atomic E-state index is 6.37. The van der Waals surface area contributed by atoms with Gasteiger partial charge in [0.1, 0.15) is 0 Å². The Morgan fingerprint density at radius 3 is 1.48 bits per heavy atom. The number of nitrogens with two attached hydrogens (primary N) is 1. The molecule has 3 heterocycles. The monoisotopic (exact) mass is 913 g/mol. The summed E-state index contributed by atoms with van der Waals surface area (Å²) in [4.78, 5) is 26.3. The van der Waals surface area contributed by atoms with Crippen molar-refractivity contribution in [3.63, 3.8) is 0 Å². The van der Waals surface area contributed by atoms with Crippen LogP contribution in [0.3, 0.4) is 0 Å². The molecule has 0 fully saturated rings. The second-order valence-corrected chi connectivity index (χ2v) is 17.5. The molecule has 0 bridgehead atoms. The molecule has 8 nitrogen and oxygen atoms in total. The second-order valence-electron chi connectivity index (χ2n) is 17.5. The number of allylic oxidation sites excluding steroid dienone is 5. The predicted molar refractivity (Wildman–Crippen MR) is 275 cm³/mol. The number of hydrogen-bond donors (Lipinski definition) is 1. The first-order valence-corrected chi connectivity index (χ1v) is 23.0. The normalized spacial score (nSPS) is 16.9. The number of fused-ring (bicyclic) bond motifs is 3. The Morgan fingerprint density at radius 2 is 1.02 bits per heavy atom. The van der Waals surface area contributed by atoms with E-state index >= 15 is 0 Å². The summed E-state index contributed by atoms with van der Waals surface area (Å²) in [5.41, 5.74) is 32.1. The Morgan fingerprint density at radius 1 is 0.594 bits per heavy atom. The number of amidine groups is 5. The molecule has 0 amide bonds. The molecule has 0 spiro atoms. The zero-order valence-electron chi connectivity index (χ0n) is 43.9. The van der Waals surface area contributed by atoms with Gasteiger partial charge in [0.15, 0.2) is 0 Å². The van der Waals surface area contributed by atoms with Gasteiger partial charge >= 0.3 is 19.5 Å². The molecule has 9 heteroatoms. The quantitative estimate of drug-likeness (QED) is 0.192. The molecule has 2 N–H and O–H groups in total. The molecule has 3 aromatic rings. The number of benzene rings is 3. The SMILES string of the molecule is CC.CC.CC(C)=C(C)/C=C(/C)C(C)/C(C)=C(/N=C1\N=C(N=C2[N-]C(=NC3=NCc4c(C)c(C)c(C)c(C)c43)c3c(C)c(C)c(C)c(C)c32)c2c(C)c(C)c(C)c(C)c21)[N-]C(C)N.[Zn+2]. The maximum absolute atomic E-state index is 6.37. The minimum absolute atomic E-state index is 0. The molecule has 3 aliphatic rings. The van der Waals surface area contributed by atoms with E-state index in [1.54, 1.807) is 0 Å². The van der Waals surface area contributed by atoms with E-state index in [-0.39, 0.29) is 25.4 Å². The van der Waals surface area contributed by atoms with Gasteiger partial charge in [-0.25, -0.2) is 4.99 Å². The fourth-order valence-corrected chi connectivity index (χ4v) is 8.56. The van der Waals surface area contributed by atoms with Crippen LogP contribution < -0.4 is 5.73 Å². The molecule has 338 valence electrons. The first-order chi connectivity index (χ1) is 29.6. The summed E-state index contributed by atoms with van der Waals surface area (Å²) in [6.45, 7) is 49.6. The molecule has 64 heavy (non-hydrogen) atoms. The molecule has 0 saturated carbocycles. The Bertz CT molecular complexity index is 2620. The Kier molecular flexibility index (Phi) is 18.1. The number of aliphatic imine (C=N–C) groups is 5. The summed E-state index contributed by atoms with van der Waals surface area (Å²) < 4.78 is 0. The molecule has 2 unspecified atom stereocenters. The molecule has 3 aromatic carbocycles. The van der Waals surface area contributed by atoms with E-state index in [4.69, 9.17) is 41.3 Å². The van der Waals surface area contributed by atoms with Crippen LogP contribution >= 0.6 is 0 Å². The van der Waals surface area contributed by atoms with E-state index in [2.05, 4.69) is 131 Å². The summed E-state index contributed by atoms with van der Waals surface area (Å²) in [6, 6.07) is 0. The molecular weight excluding hydrogens is 838 g/mol. The summed E-state index contributed by atoms with van der Waals surface area (Å²) >= 11 is 0. The first-order valence-electron chi connectivity index (χ1n) is 23.0. The average Bonchev–Trinajstić information content (AvgIpc) is 3.95. The van der Waals surface area contributed by atoms with Gasteiger partial charge in [0, 0.05) is 34.5 Å². The summed E-state index contributed by atoms with van der Waals surface area (Å²) in [5, 5.41) is 10.2. The fraction of sp³-hybridized carbons (Fsp3) is 0.473. The van der Waals surface area contributed by atoms with Gasteiger partial charge < -0.3 is 31.3 Å². The zero-order valence-corrected chi connectivity index (χ0v) is 46.8. The van der Waals surface area contributed by atoms with Crippen molar-refractivity contribution in [2.45, 2.75) is 172 Å². The van der Waals surface area contributed by atoms with Crippen molar-refractivity contribution in [3.05, 3.63) is 145 Å². The number of rotatable bonds is 6. The van der Waals surface area contributed by atoms with Crippen LogP contribution in [-0.2, 0) is 26.0 Å². The van der Waals surface area contributed by atoms with Crippen LogP contribution in [0.15, 0.2) is 59.2 Å². The van der Waals surface area contributed by atoms with Gasteiger partial charge in [-0.3, -0.25) is 4.99 Å². The standard InChI is InChI=1S/C51H64N8.2C2H6.Zn/c1-22(2)23(3)20-24(4)25(5)38(18)46(54-39(19)52)55-48-42-34(14)28(8)30(10)36(16)44(42)50(57-48)59-51-45-37(17)31(11)29(9)35(15)43(45)49(58-51)56-47-41-33(13)27(7)26(6)32(12)40(41)21-53-47;2*1-2;/h20,25,39H,21,52H2,1-19H3;2*1-2H3;/q-2;;;+2/b24-20-,46-38+;;;. The molecule has 3 aliphatic heterocycles. The minimum Gasteiger partial charge on any atom is -0.450 e. The molecule has 0 aliphatic carbocycles. The largest absolute Gasteiger partial charge is 2.00 e. The van der Waals surface area contributed by atoms with Gasteiger partial charge in [0.25, 0.3) is 0 Å². The summed E-state index contributed by atoms with van der Waals surface area (Å²) in [6.07, 6.45) is 1.81. The maximum Gasteiger partial charge on any atom is 2.00 e. The Balaban J connectivity index is 0.00000212. The van der Waals surface area contributed by atoms with Crippen molar-refractivity contribution in [2.24, 2.45) is 36.6 Å². The average molecular weight is 915 g/mol. The van der Waals surface area contributed by atoms with Gasteiger partial charge in [-0.2, -0.15) is 0 Å². The molecule has 0 saturated heterocycles. The van der Waals surface area contributed by atoms with Crippen LogP contribution in [0.25, 0.3) is 10.6 Å².